The van der Waals surface area contributed by atoms with Gasteiger partial charge in [-0.25, -0.2) is 4.39 Å². The summed E-state index contributed by atoms with van der Waals surface area (Å²) in [7, 11) is 0. The van der Waals surface area contributed by atoms with Crippen LogP contribution in [0.2, 0.25) is 0 Å². The van der Waals surface area contributed by atoms with Crippen LogP contribution in [0.15, 0.2) is 65.2 Å². The minimum Gasteiger partial charge on any atom is -0.487 e. The molecule has 26 heavy (non-hydrogen) atoms. The average molecular weight is 349 g/mol. The zero-order chi connectivity index (χ0) is 17.9. The fourth-order valence-electron chi connectivity index (χ4n) is 2.62. The Kier molecular flexibility index (Phi) is 4.31. The highest BCUT2D eigenvalue weighted by Gasteiger charge is 2.14. The minimum atomic E-state index is -1.29. The third-order valence-electron chi connectivity index (χ3n) is 3.98. The number of hydrogen-bond acceptors (Lipinski definition) is 5. The van der Waals surface area contributed by atoms with Crippen LogP contribution in [0.25, 0.3) is 22.2 Å². The molecule has 4 aromatic rings. The molecule has 2 heterocycles. The molecule has 1 atom stereocenters. The second-order valence-electron chi connectivity index (χ2n) is 5.87. The smallest absolute Gasteiger partial charge is 0.250 e. The van der Waals surface area contributed by atoms with Gasteiger partial charge >= 0.3 is 0 Å². The van der Waals surface area contributed by atoms with Crippen molar-refractivity contribution in [1.29, 1.82) is 0 Å². The van der Waals surface area contributed by atoms with E-state index < -0.39 is 6.17 Å². The van der Waals surface area contributed by atoms with E-state index in [-0.39, 0.29) is 11.8 Å². The first-order valence-electron chi connectivity index (χ1n) is 8.24. The molecule has 0 saturated carbocycles. The summed E-state index contributed by atoms with van der Waals surface area (Å²) in [4.78, 5) is 4.36. The number of aromatic nitrogens is 3. The molecule has 0 aliphatic rings. The molecule has 5 nitrogen and oxygen atoms in total. The number of rotatable bonds is 5. The molecule has 0 aliphatic carbocycles. The highest BCUT2D eigenvalue weighted by atomic mass is 19.1. The van der Waals surface area contributed by atoms with Crippen molar-refractivity contribution < 1.29 is 13.5 Å². The monoisotopic (exact) mass is 349 g/mol. The van der Waals surface area contributed by atoms with Gasteiger partial charge in [-0.2, -0.15) is 0 Å². The van der Waals surface area contributed by atoms with Crippen LogP contribution in [-0.2, 0) is 6.61 Å². The Morgan fingerprint density at radius 2 is 1.88 bits per heavy atom. The first-order chi connectivity index (χ1) is 12.7. The van der Waals surface area contributed by atoms with Crippen molar-refractivity contribution in [2.75, 3.05) is 0 Å². The molecule has 4 rings (SSSR count). The molecule has 130 valence electrons. The number of benzene rings is 2. The number of fused-ring (bicyclic) bond motifs is 1. The lowest BCUT2D eigenvalue weighted by atomic mass is 10.1. The van der Waals surface area contributed by atoms with Gasteiger partial charge in [0.15, 0.2) is 6.17 Å². The van der Waals surface area contributed by atoms with Crippen molar-refractivity contribution >= 4 is 10.8 Å². The normalized spacial score (nSPS) is 12.2. The maximum Gasteiger partial charge on any atom is 0.250 e. The summed E-state index contributed by atoms with van der Waals surface area (Å²) < 4.78 is 24.4. The van der Waals surface area contributed by atoms with Crippen molar-refractivity contribution in [2.24, 2.45) is 0 Å². The lowest BCUT2D eigenvalue weighted by molar-refractivity contribution is 0.301. The van der Waals surface area contributed by atoms with E-state index >= 15 is 0 Å². The number of hydrogen-bond donors (Lipinski definition) is 0. The maximum atomic E-state index is 13.2. The molecule has 2 aromatic carbocycles. The molecule has 0 amide bonds. The molecule has 0 bridgehead atoms. The Labute approximate surface area is 149 Å². The fraction of sp³-hybridized carbons (Fsp3) is 0.150. The number of nitrogens with zero attached hydrogens (tertiary/aromatic N) is 3. The number of ether oxygens (including phenoxy) is 1. The molecule has 0 aliphatic heterocycles. The van der Waals surface area contributed by atoms with Gasteiger partial charge in [-0.15, -0.1) is 10.2 Å². The van der Waals surface area contributed by atoms with Crippen molar-refractivity contribution in [3.8, 4) is 17.2 Å². The van der Waals surface area contributed by atoms with E-state index in [1.165, 1.54) is 6.92 Å². The molecule has 2 aromatic heterocycles. The summed E-state index contributed by atoms with van der Waals surface area (Å²) in [5, 5.41) is 9.70. The van der Waals surface area contributed by atoms with Gasteiger partial charge in [0.25, 0.3) is 5.89 Å². The van der Waals surface area contributed by atoms with Crippen molar-refractivity contribution in [3.63, 3.8) is 0 Å². The summed E-state index contributed by atoms with van der Waals surface area (Å²) >= 11 is 0. The Bertz CT molecular complexity index is 1020. The fourth-order valence-corrected chi connectivity index (χ4v) is 2.62. The van der Waals surface area contributed by atoms with Gasteiger partial charge in [0.1, 0.15) is 12.4 Å². The zero-order valence-corrected chi connectivity index (χ0v) is 14.1. The predicted molar refractivity (Wildman–Crippen MR) is 95.3 cm³/mol. The molecular weight excluding hydrogens is 333 g/mol. The van der Waals surface area contributed by atoms with Gasteiger partial charge < -0.3 is 9.15 Å². The molecule has 0 saturated heterocycles. The lowest BCUT2D eigenvalue weighted by Gasteiger charge is -2.09. The summed E-state index contributed by atoms with van der Waals surface area (Å²) in [5.41, 5.74) is 1.40. The maximum absolute atomic E-state index is 13.2. The average Bonchev–Trinajstić information content (AvgIpc) is 3.17. The highest BCUT2D eigenvalue weighted by molar-refractivity contribution is 5.88. The Hall–Kier alpha value is -3.28. The van der Waals surface area contributed by atoms with Gasteiger partial charge in [-0.3, -0.25) is 4.98 Å². The second-order valence-corrected chi connectivity index (χ2v) is 5.87. The summed E-state index contributed by atoms with van der Waals surface area (Å²) in [6.45, 7) is 1.69. The quantitative estimate of drug-likeness (QED) is 0.513. The standard InChI is InChI=1S/C20H16FN3O2/c1-13(21)19-23-24-20(26-19)15-9-10-16(22-11-15)12-25-18-8-4-6-14-5-2-3-7-17(14)18/h2-11,13H,12H2,1H3. The summed E-state index contributed by atoms with van der Waals surface area (Å²) in [6, 6.07) is 17.6. The van der Waals surface area contributed by atoms with Gasteiger partial charge in [0.2, 0.25) is 5.89 Å². The highest BCUT2D eigenvalue weighted by Crippen LogP contribution is 2.26. The van der Waals surface area contributed by atoms with Crippen molar-refractivity contribution in [2.45, 2.75) is 19.7 Å². The van der Waals surface area contributed by atoms with Crippen LogP contribution in [0, 0.1) is 0 Å². The second kappa shape index (κ2) is 6.92. The largest absolute Gasteiger partial charge is 0.487 e. The molecule has 6 heteroatoms. The first-order valence-corrected chi connectivity index (χ1v) is 8.24. The van der Waals surface area contributed by atoms with E-state index in [0.29, 0.717) is 12.2 Å². The first kappa shape index (κ1) is 16.2. The van der Waals surface area contributed by atoms with Gasteiger partial charge in [-0.05, 0) is 30.5 Å². The SMILES string of the molecule is CC(F)c1nnc(-c2ccc(COc3cccc4ccccc34)nc2)o1. The molecule has 0 fully saturated rings. The molecule has 1 unspecified atom stereocenters. The summed E-state index contributed by atoms with van der Waals surface area (Å²) in [6.07, 6.45) is 0.319. The lowest BCUT2D eigenvalue weighted by Crippen LogP contribution is -1.98. The van der Waals surface area contributed by atoms with Gasteiger partial charge in [-0.1, -0.05) is 36.4 Å². The van der Waals surface area contributed by atoms with Crippen molar-refractivity contribution in [3.05, 3.63) is 72.4 Å². The van der Waals surface area contributed by atoms with Crippen LogP contribution in [0.3, 0.4) is 0 Å². The van der Waals surface area contributed by atoms with E-state index in [2.05, 4.69) is 15.2 Å². The molecule has 0 radical (unpaired) electrons. The predicted octanol–water partition coefficient (Wildman–Crippen LogP) is 4.89. The van der Waals surface area contributed by atoms with Crippen molar-refractivity contribution in [1.82, 2.24) is 15.2 Å². The third-order valence-corrected chi connectivity index (χ3v) is 3.98. The topological polar surface area (TPSA) is 61.0 Å². The number of alkyl halides is 1. The van der Waals surface area contributed by atoms with E-state index in [1.807, 2.05) is 48.5 Å². The third kappa shape index (κ3) is 3.26. The number of halogens is 1. The Morgan fingerprint density at radius 3 is 2.65 bits per heavy atom. The number of pyridine rings is 1. The molecule has 0 N–H and O–H groups in total. The zero-order valence-electron chi connectivity index (χ0n) is 14.1. The Morgan fingerprint density at radius 1 is 1.04 bits per heavy atom. The minimum absolute atomic E-state index is 0.0386. The van der Waals surface area contributed by atoms with E-state index in [0.717, 1.165) is 22.2 Å². The van der Waals surface area contributed by atoms with Crippen LogP contribution in [0.4, 0.5) is 4.39 Å². The van der Waals surface area contributed by atoms with Crippen LogP contribution in [0.5, 0.6) is 5.75 Å². The molecular formula is C20H16FN3O2. The van der Waals surface area contributed by atoms with Crippen LogP contribution in [0.1, 0.15) is 24.7 Å². The van der Waals surface area contributed by atoms with Crippen LogP contribution in [-0.4, -0.2) is 15.2 Å². The van der Waals surface area contributed by atoms with Crippen LogP contribution >= 0.6 is 0 Å². The van der Waals surface area contributed by atoms with Gasteiger partial charge in [0, 0.05) is 11.6 Å². The van der Waals surface area contributed by atoms with E-state index in [4.69, 9.17) is 9.15 Å². The van der Waals surface area contributed by atoms with Crippen LogP contribution < -0.4 is 4.74 Å². The summed E-state index contributed by atoms with van der Waals surface area (Å²) in [5.74, 6) is 1.02. The molecule has 0 spiro atoms. The van der Waals surface area contributed by atoms with E-state index in [9.17, 15) is 4.39 Å². The van der Waals surface area contributed by atoms with E-state index in [1.54, 1.807) is 12.3 Å². The Balaban J connectivity index is 1.49. The van der Waals surface area contributed by atoms with Gasteiger partial charge in [0.05, 0.1) is 11.3 Å².